The van der Waals surface area contributed by atoms with E-state index in [2.05, 4.69) is 0 Å². The Bertz CT molecular complexity index is 3010. The number of imidazole rings is 1. The first-order valence-electron chi connectivity index (χ1n) is 20.4. The molecule has 2 nitrogen and oxygen atoms in total. The highest BCUT2D eigenvalue weighted by Crippen LogP contribution is 2.51. The van der Waals surface area contributed by atoms with Gasteiger partial charge in [0.15, 0.2) is 0 Å². The SMILES string of the molecule is [2H]c1c([2H])c([2H])c(-n2c(-c3c4ccccc4c(-c4c([2H])c([2H])c5c(c4[2H])C(C)(C)c4c([2H])c([2H])c([2H])c([2H])c4-5)c4ccccc34)nc3ccccc32)c([2H])c1[2H]. The Morgan fingerprint density at radius 2 is 1.18 bits per heavy atom. The van der Waals surface area contributed by atoms with Gasteiger partial charge in [-0.2, -0.15) is 0 Å². The summed E-state index contributed by atoms with van der Waals surface area (Å²) in [6.45, 7) is 3.57. The van der Waals surface area contributed by atoms with Crippen LogP contribution in [0.4, 0.5) is 0 Å². The van der Waals surface area contributed by atoms with Crippen molar-refractivity contribution < 1.29 is 16.4 Å². The zero-order valence-corrected chi connectivity index (χ0v) is 23.8. The molecule has 1 aliphatic carbocycles. The largest absolute Gasteiger partial charge is 0.292 e. The van der Waals surface area contributed by atoms with Gasteiger partial charge in [0, 0.05) is 16.7 Å². The molecule has 1 aliphatic rings. The number of hydrogen-bond acceptors (Lipinski definition) is 1. The Labute approximate surface area is 273 Å². The lowest BCUT2D eigenvalue weighted by molar-refractivity contribution is 0.660. The molecule has 2 heteroatoms. The maximum atomic E-state index is 9.85. The van der Waals surface area contributed by atoms with Crippen LogP contribution in [0.15, 0.2) is 145 Å². The first-order chi connectivity index (χ1) is 26.6. The summed E-state index contributed by atoms with van der Waals surface area (Å²) < 4.78 is 108. The average molecular weight is 575 g/mol. The lowest BCUT2D eigenvalue weighted by Crippen LogP contribution is -2.14. The van der Waals surface area contributed by atoms with Gasteiger partial charge in [-0.05, 0) is 85.2 Å². The van der Waals surface area contributed by atoms with Gasteiger partial charge in [0.1, 0.15) is 5.82 Å². The van der Waals surface area contributed by atoms with Gasteiger partial charge in [0.05, 0.1) is 27.5 Å². The van der Waals surface area contributed by atoms with Crippen LogP contribution in [0.1, 0.15) is 41.4 Å². The van der Waals surface area contributed by atoms with E-state index < -0.39 is 47.7 Å². The van der Waals surface area contributed by atoms with Gasteiger partial charge in [-0.1, -0.05) is 129 Å². The molecule has 0 bridgehead atoms. The van der Waals surface area contributed by atoms with E-state index in [-0.39, 0.29) is 58.2 Å². The Morgan fingerprint density at radius 3 is 1.91 bits per heavy atom. The number of hydrogen-bond donors (Lipinski definition) is 0. The molecular weight excluding hydrogens is 532 g/mol. The van der Waals surface area contributed by atoms with E-state index >= 15 is 0 Å². The molecule has 0 aliphatic heterocycles. The fourth-order valence-corrected chi connectivity index (χ4v) is 6.70. The molecule has 208 valence electrons. The predicted molar refractivity (Wildman–Crippen MR) is 185 cm³/mol. The van der Waals surface area contributed by atoms with Crippen molar-refractivity contribution in [3.63, 3.8) is 0 Å². The molecule has 0 fully saturated rings. The molecule has 0 saturated heterocycles. The molecule has 0 atom stereocenters. The third kappa shape index (κ3) is 3.46. The van der Waals surface area contributed by atoms with E-state index in [9.17, 15) is 4.11 Å². The van der Waals surface area contributed by atoms with E-state index in [1.54, 1.807) is 36.6 Å². The molecule has 9 rings (SSSR count). The van der Waals surface area contributed by atoms with Crippen LogP contribution in [0.5, 0.6) is 0 Å². The fraction of sp³-hybridized carbons (Fsp3) is 0.0714. The zero-order chi connectivity index (χ0) is 39.9. The number of rotatable bonds is 3. The van der Waals surface area contributed by atoms with E-state index in [1.165, 1.54) is 0 Å². The number of para-hydroxylation sites is 3. The van der Waals surface area contributed by atoms with Crippen molar-refractivity contribution in [1.82, 2.24) is 9.55 Å². The second-order valence-electron chi connectivity index (χ2n) is 11.4. The van der Waals surface area contributed by atoms with Crippen molar-refractivity contribution in [3.05, 3.63) is 156 Å². The van der Waals surface area contributed by atoms with Crippen LogP contribution in [0.2, 0.25) is 0 Å². The Morgan fingerprint density at radius 1 is 0.591 bits per heavy atom. The van der Waals surface area contributed by atoms with Crippen molar-refractivity contribution in [2.45, 2.75) is 19.3 Å². The lowest BCUT2D eigenvalue weighted by Gasteiger charge is -2.23. The number of fused-ring (bicyclic) bond motifs is 6. The van der Waals surface area contributed by atoms with E-state index in [4.69, 9.17) is 17.3 Å². The first-order valence-corrected chi connectivity index (χ1v) is 14.4. The van der Waals surface area contributed by atoms with Crippen LogP contribution in [-0.2, 0) is 5.41 Å². The predicted octanol–water partition coefficient (Wildman–Crippen LogP) is 11.0. The summed E-state index contributed by atoms with van der Waals surface area (Å²) in [6, 6.07) is 17.7. The molecule has 0 unspecified atom stereocenters. The molecule has 7 aromatic carbocycles. The van der Waals surface area contributed by atoms with E-state index in [0.29, 0.717) is 55.1 Å². The summed E-state index contributed by atoms with van der Waals surface area (Å²) in [6.07, 6.45) is 0. The Hall–Kier alpha value is -5.47. The quantitative estimate of drug-likeness (QED) is 0.192. The molecule has 0 N–H and O–H groups in total. The van der Waals surface area contributed by atoms with Gasteiger partial charge < -0.3 is 0 Å². The van der Waals surface area contributed by atoms with Crippen LogP contribution in [0.25, 0.3) is 71.9 Å². The smallest absolute Gasteiger partial charge is 0.146 e. The van der Waals surface area contributed by atoms with Crippen LogP contribution < -0.4 is 0 Å². The van der Waals surface area contributed by atoms with Crippen LogP contribution in [-0.4, -0.2) is 9.55 Å². The highest BCUT2D eigenvalue weighted by Gasteiger charge is 2.35. The molecular formula is C42H30N2. The Kier molecular flexibility index (Phi) is 3.33. The van der Waals surface area contributed by atoms with Gasteiger partial charge in [-0.25, -0.2) is 4.98 Å². The maximum absolute atomic E-state index is 9.85. The molecule has 1 aromatic heterocycles. The molecule has 8 aromatic rings. The van der Waals surface area contributed by atoms with Crippen LogP contribution in [0, 0.1) is 0 Å². The highest BCUT2D eigenvalue weighted by atomic mass is 15.1. The third-order valence-electron chi connectivity index (χ3n) is 8.68. The number of nitrogens with zero attached hydrogens (tertiary/aromatic N) is 2. The summed E-state index contributed by atoms with van der Waals surface area (Å²) in [5, 5.41) is 2.50. The fourth-order valence-electron chi connectivity index (χ4n) is 6.70. The molecule has 0 saturated carbocycles. The first kappa shape index (κ1) is 15.8. The summed E-state index contributed by atoms with van der Waals surface area (Å²) in [5.74, 6) is 0.316. The summed E-state index contributed by atoms with van der Waals surface area (Å²) in [7, 11) is 0. The second-order valence-corrected chi connectivity index (χ2v) is 11.4. The lowest BCUT2D eigenvalue weighted by atomic mass is 9.80. The monoisotopic (exact) mass is 574 g/mol. The van der Waals surface area contributed by atoms with Crippen LogP contribution >= 0.6 is 0 Å². The van der Waals surface area contributed by atoms with Gasteiger partial charge >= 0.3 is 0 Å². The average Bonchev–Trinajstić information content (AvgIpc) is 3.68. The minimum absolute atomic E-state index is 0.0616. The number of benzene rings is 7. The van der Waals surface area contributed by atoms with Crippen molar-refractivity contribution >= 4 is 32.6 Å². The summed E-state index contributed by atoms with van der Waals surface area (Å²) in [4.78, 5) is 5.05. The zero-order valence-electron chi connectivity index (χ0n) is 35.8. The van der Waals surface area contributed by atoms with Gasteiger partial charge in [-0.3, -0.25) is 4.57 Å². The molecule has 0 spiro atoms. The summed E-state index contributed by atoms with van der Waals surface area (Å²) in [5.41, 5.74) is 2.07. The molecule has 0 amide bonds. The maximum Gasteiger partial charge on any atom is 0.146 e. The van der Waals surface area contributed by atoms with Crippen molar-refractivity contribution in [1.29, 1.82) is 0 Å². The van der Waals surface area contributed by atoms with Gasteiger partial charge in [0.25, 0.3) is 0 Å². The second kappa shape index (κ2) is 9.26. The van der Waals surface area contributed by atoms with Gasteiger partial charge in [0.2, 0.25) is 0 Å². The van der Waals surface area contributed by atoms with Crippen molar-refractivity contribution in [2.75, 3.05) is 0 Å². The van der Waals surface area contributed by atoms with Crippen molar-refractivity contribution in [3.8, 4) is 39.3 Å². The summed E-state index contributed by atoms with van der Waals surface area (Å²) >= 11 is 0. The van der Waals surface area contributed by atoms with E-state index in [0.717, 1.165) is 0 Å². The number of aromatic nitrogens is 2. The van der Waals surface area contributed by atoms with E-state index in [1.807, 2.05) is 54.6 Å². The minimum atomic E-state index is -1.11. The highest BCUT2D eigenvalue weighted by molar-refractivity contribution is 6.21. The molecule has 1 heterocycles. The normalized spacial score (nSPS) is 17.2. The third-order valence-corrected chi connectivity index (χ3v) is 8.68. The molecule has 44 heavy (non-hydrogen) atoms. The van der Waals surface area contributed by atoms with Crippen molar-refractivity contribution in [2.24, 2.45) is 0 Å². The molecule has 0 radical (unpaired) electrons. The minimum Gasteiger partial charge on any atom is -0.292 e. The topological polar surface area (TPSA) is 17.8 Å². The van der Waals surface area contributed by atoms with Gasteiger partial charge in [-0.15, -0.1) is 0 Å². The standard InChI is InChI=1S/C42H30N2/c1-42(2)35-21-11-10-16-29(35)30-25-24-27(26-36(30)42)39-31-17-6-8-19-33(31)40(34-20-9-7-18-32(34)39)41-43-37-22-12-13-23-38(37)44(41)28-14-4-3-5-15-28/h3-26H,1-2H3/i3D,4D,5D,10D,11D,14D,15D,16D,21D,24D,25D,26D. The Balaban J connectivity index is 1.43. The van der Waals surface area contributed by atoms with Crippen LogP contribution in [0.3, 0.4) is 0 Å².